The van der Waals surface area contributed by atoms with Gasteiger partial charge in [0.1, 0.15) is 24.3 Å². The van der Waals surface area contributed by atoms with E-state index in [1.54, 1.807) is 27.2 Å². The number of ether oxygens (including phenoxy) is 2. The molecule has 0 N–H and O–H groups in total. The van der Waals surface area contributed by atoms with E-state index in [0.717, 1.165) is 35.0 Å². The molecule has 164 valence electrons. The first kappa shape index (κ1) is 21.2. The molecule has 31 heavy (non-hydrogen) atoms. The molecule has 10 heteroatoms. The number of aromatic nitrogens is 5. The van der Waals surface area contributed by atoms with Crippen molar-refractivity contribution in [1.82, 2.24) is 30.1 Å². The molecule has 2 aromatic heterocycles. The van der Waals surface area contributed by atoms with Crippen molar-refractivity contribution < 1.29 is 14.3 Å². The van der Waals surface area contributed by atoms with E-state index in [4.69, 9.17) is 14.5 Å². The van der Waals surface area contributed by atoms with E-state index < -0.39 is 5.60 Å². The van der Waals surface area contributed by atoms with Crippen LogP contribution in [0, 0.1) is 0 Å². The average Bonchev–Trinajstić information content (AvgIpc) is 3.44. The third-order valence-electron chi connectivity index (χ3n) is 4.90. The van der Waals surface area contributed by atoms with E-state index >= 15 is 0 Å². The minimum Gasteiger partial charge on any atom is -0.487 e. The Bertz CT molecular complexity index is 989. The fourth-order valence-electron chi connectivity index (χ4n) is 3.34. The number of carbonyl (C=O) groups is 1. The van der Waals surface area contributed by atoms with Gasteiger partial charge in [-0.25, -0.2) is 14.5 Å². The molecule has 3 heterocycles. The van der Waals surface area contributed by atoms with Crippen LogP contribution < -0.4 is 4.74 Å². The minimum atomic E-state index is -0.466. The molecule has 0 spiro atoms. The van der Waals surface area contributed by atoms with Crippen molar-refractivity contribution in [3.8, 4) is 11.4 Å². The summed E-state index contributed by atoms with van der Waals surface area (Å²) < 4.78 is 12.9. The number of tetrazole rings is 1. The fraction of sp³-hybridized carbons (Fsp3) is 0.476. The third-order valence-corrected chi connectivity index (χ3v) is 5.96. The van der Waals surface area contributed by atoms with Gasteiger partial charge in [-0.2, -0.15) is 0 Å². The first-order chi connectivity index (χ1) is 14.9. The Hall–Kier alpha value is -3.01. The Kier molecular flexibility index (Phi) is 6.17. The van der Waals surface area contributed by atoms with Gasteiger partial charge in [0.25, 0.3) is 0 Å². The van der Waals surface area contributed by atoms with Gasteiger partial charge in [0.05, 0.1) is 16.4 Å². The molecule has 0 radical (unpaired) electrons. The van der Waals surface area contributed by atoms with Gasteiger partial charge >= 0.3 is 6.09 Å². The summed E-state index contributed by atoms with van der Waals surface area (Å²) in [4.78, 5) is 18.8. The van der Waals surface area contributed by atoms with Crippen molar-refractivity contribution in [2.45, 2.75) is 51.7 Å². The quantitative estimate of drug-likeness (QED) is 0.593. The number of hydrogen-bond donors (Lipinski definition) is 0. The van der Waals surface area contributed by atoms with E-state index in [1.807, 2.05) is 50.4 Å². The smallest absolute Gasteiger partial charge is 0.410 e. The Balaban J connectivity index is 1.27. The Morgan fingerprint density at radius 2 is 1.94 bits per heavy atom. The summed E-state index contributed by atoms with van der Waals surface area (Å²) in [6.45, 7) is 7.47. The lowest BCUT2D eigenvalue weighted by molar-refractivity contribution is 0.0204. The highest BCUT2D eigenvalue weighted by molar-refractivity contribution is 7.09. The molecular weight excluding hydrogens is 416 g/mol. The van der Waals surface area contributed by atoms with Crippen molar-refractivity contribution in [2.75, 3.05) is 13.1 Å². The summed E-state index contributed by atoms with van der Waals surface area (Å²) in [5.41, 5.74) is 1.32. The lowest BCUT2D eigenvalue weighted by atomic mass is 9.98. The van der Waals surface area contributed by atoms with E-state index in [0.29, 0.717) is 25.6 Å². The molecule has 1 fully saturated rings. The number of hydrogen-bond acceptors (Lipinski definition) is 8. The van der Waals surface area contributed by atoms with Crippen LogP contribution in [0.15, 0.2) is 36.0 Å². The van der Waals surface area contributed by atoms with E-state index in [-0.39, 0.29) is 6.09 Å². The number of nitrogens with zero attached hydrogens (tertiary/aromatic N) is 6. The molecule has 0 atom stereocenters. The number of piperidine rings is 1. The summed E-state index contributed by atoms with van der Waals surface area (Å²) in [6.07, 6.45) is 3.10. The molecule has 3 aromatic rings. The van der Waals surface area contributed by atoms with Gasteiger partial charge in [-0.1, -0.05) is 0 Å². The second-order valence-electron chi connectivity index (χ2n) is 8.46. The summed E-state index contributed by atoms with van der Waals surface area (Å²) in [5.74, 6) is 1.13. The van der Waals surface area contributed by atoms with Crippen molar-refractivity contribution in [3.63, 3.8) is 0 Å². The molecule has 1 amide bonds. The largest absolute Gasteiger partial charge is 0.487 e. The molecule has 1 aromatic carbocycles. The van der Waals surface area contributed by atoms with Crippen LogP contribution in [0.5, 0.6) is 5.75 Å². The van der Waals surface area contributed by atoms with Crippen LogP contribution in [0.3, 0.4) is 0 Å². The number of thiazole rings is 1. The maximum absolute atomic E-state index is 12.2. The van der Waals surface area contributed by atoms with Gasteiger partial charge in [0, 0.05) is 24.4 Å². The number of amides is 1. The van der Waals surface area contributed by atoms with Gasteiger partial charge in [0.2, 0.25) is 0 Å². The molecule has 4 rings (SSSR count). The highest BCUT2D eigenvalue weighted by Crippen LogP contribution is 2.31. The summed E-state index contributed by atoms with van der Waals surface area (Å²) in [7, 11) is 0. The first-order valence-electron chi connectivity index (χ1n) is 10.3. The van der Waals surface area contributed by atoms with Crippen LogP contribution in [0.25, 0.3) is 5.69 Å². The first-order valence-corrected chi connectivity index (χ1v) is 11.1. The lowest BCUT2D eigenvalue weighted by Gasteiger charge is -2.32. The Labute approximate surface area is 185 Å². The molecule has 1 aliphatic rings. The second-order valence-corrected chi connectivity index (χ2v) is 9.35. The van der Waals surface area contributed by atoms with E-state index in [9.17, 15) is 4.79 Å². The summed E-state index contributed by atoms with van der Waals surface area (Å²) in [5, 5.41) is 14.3. The third kappa shape index (κ3) is 5.57. The number of carbonyl (C=O) groups excluding carboxylic acids is 1. The van der Waals surface area contributed by atoms with E-state index in [1.165, 1.54) is 0 Å². The highest BCUT2D eigenvalue weighted by Gasteiger charge is 2.28. The molecule has 0 saturated carbocycles. The molecule has 1 saturated heterocycles. The average molecular weight is 443 g/mol. The normalized spacial score (nSPS) is 15.1. The minimum absolute atomic E-state index is 0.231. The van der Waals surface area contributed by atoms with Crippen molar-refractivity contribution in [2.24, 2.45) is 0 Å². The van der Waals surface area contributed by atoms with Crippen molar-refractivity contribution >= 4 is 17.4 Å². The van der Waals surface area contributed by atoms with Crippen LogP contribution >= 0.6 is 11.3 Å². The Morgan fingerprint density at radius 1 is 1.19 bits per heavy atom. The molecule has 0 unspecified atom stereocenters. The van der Waals surface area contributed by atoms with Crippen LogP contribution in [-0.4, -0.2) is 54.9 Å². The van der Waals surface area contributed by atoms with Gasteiger partial charge in [-0.3, -0.25) is 0 Å². The zero-order valence-corrected chi connectivity index (χ0v) is 18.7. The zero-order valence-electron chi connectivity index (χ0n) is 17.9. The van der Waals surface area contributed by atoms with Gasteiger partial charge in [-0.05, 0) is 68.3 Å². The fourth-order valence-corrected chi connectivity index (χ4v) is 4.32. The monoisotopic (exact) mass is 442 g/mol. The predicted molar refractivity (Wildman–Crippen MR) is 115 cm³/mol. The molecule has 1 aliphatic heterocycles. The van der Waals surface area contributed by atoms with Gasteiger partial charge in [-0.15, -0.1) is 16.4 Å². The summed E-state index contributed by atoms with van der Waals surface area (Å²) in [6, 6.07) is 7.57. The lowest BCUT2D eigenvalue weighted by Crippen LogP contribution is -2.41. The van der Waals surface area contributed by atoms with Crippen LogP contribution in [-0.2, 0) is 11.3 Å². The standard InChI is InChI=1S/C21H26N6O3S/c1-21(2,3)30-20(28)26-10-8-15(9-11-26)19-23-16(13-31-19)12-29-18-6-4-17(5-7-18)27-14-22-24-25-27/h4-7,13-15H,8-12H2,1-3H3. The SMILES string of the molecule is CC(C)(C)OC(=O)N1CCC(c2nc(COc3ccc(-n4cnnn4)cc3)cs2)CC1. The van der Waals surface area contributed by atoms with Crippen LogP contribution in [0.2, 0.25) is 0 Å². The number of rotatable bonds is 5. The molecule has 0 bridgehead atoms. The molecule has 9 nitrogen and oxygen atoms in total. The summed E-state index contributed by atoms with van der Waals surface area (Å²) >= 11 is 1.66. The van der Waals surface area contributed by atoms with Crippen molar-refractivity contribution in [3.05, 3.63) is 46.7 Å². The molecular formula is C21H26N6O3S. The number of likely N-dealkylation sites (tertiary alicyclic amines) is 1. The second kappa shape index (κ2) is 9.01. The van der Waals surface area contributed by atoms with Crippen LogP contribution in [0.4, 0.5) is 4.79 Å². The Morgan fingerprint density at radius 3 is 2.58 bits per heavy atom. The predicted octanol–water partition coefficient (Wildman–Crippen LogP) is 3.81. The molecule has 0 aliphatic carbocycles. The zero-order chi connectivity index (χ0) is 21.8. The maximum atomic E-state index is 12.2. The van der Waals surface area contributed by atoms with Gasteiger partial charge in [0.15, 0.2) is 0 Å². The van der Waals surface area contributed by atoms with E-state index in [2.05, 4.69) is 15.5 Å². The van der Waals surface area contributed by atoms with Crippen LogP contribution in [0.1, 0.15) is 50.2 Å². The topological polar surface area (TPSA) is 95.3 Å². The highest BCUT2D eigenvalue weighted by atomic mass is 32.1. The number of benzene rings is 1. The maximum Gasteiger partial charge on any atom is 0.410 e. The van der Waals surface area contributed by atoms with Crippen molar-refractivity contribution in [1.29, 1.82) is 0 Å². The van der Waals surface area contributed by atoms with Gasteiger partial charge < -0.3 is 14.4 Å².